The van der Waals surface area contributed by atoms with Crippen molar-refractivity contribution in [2.45, 2.75) is 26.2 Å². The van der Waals surface area contributed by atoms with Crippen molar-refractivity contribution in [1.82, 2.24) is 4.98 Å². The van der Waals surface area contributed by atoms with E-state index in [1.807, 2.05) is 19.1 Å². The Morgan fingerprint density at radius 1 is 1.06 bits per heavy atom. The molecule has 5 nitrogen and oxygen atoms in total. The number of hydrogen-bond donors (Lipinski definition) is 1. The second kappa shape index (κ2) is 9.75. The molecule has 2 heterocycles. The van der Waals surface area contributed by atoms with E-state index in [2.05, 4.69) is 70.5 Å². The molecule has 0 aliphatic carbocycles. The van der Waals surface area contributed by atoms with Crippen LogP contribution in [0.2, 0.25) is 0 Å². The molecule has 4 rings (SSSR count). The van der Waals surface area contributed by atoms with E-state index in [1.54, 1.807) is 6.20 Å². The molecule has 1 aliphatic heterocycles. The number of nitrogens with zero attached hydrogens (tertiary/aromatic N) is 3. The van der Waals surface area contributed by atoms with Crippen molar-refractivity contribution < 1.29 is 9.94 Å². The Balaban J connectivity index is 1.67. The summed E-state index contributed by atoms with van der Waals surface area (Å²) in [6.07, 6.45) is 2.36. The van der Waals surface area contributed by atoms with Crippen LogP contribution in [0.15, 0.2) is 72.0 Å². The van der Waals surface area contributed by atoms with Gasteiger partial charge in [0, 0.05) is 48.6 Å². The third-order valence-corrected chi connectivity index (χ3v) is 5.98. The number of anilines is 1. The van der Waals surface area contributed by atoms with Crippen molar-refractivity contribution in [3.8, 4) is 0 Å². The molecule has 0 saturated carbocycles. The largest absolute Gasteiger partial charge is 0.411 e. The van der Waals surface area contributed by atoms with Crippen molar-refractivity contribution >= 4 is 11.4 Å². The van der Waals surface area contributed by atoms with E-state index in [9.17, 15) is 5.21 Å². The topological polar surface area (TPSA) is 58.0 Å². The highest BCUT2D eigenvalue weighted by Gasteiger charge is 2.21. The smallest absolute Gasteiger partial charge is 0.0878 e. The number of benzene rings is 2. The van der Waals surface area contributed by atoms with Crippen LogP contribution in [0.25, 0.3) is 0 Å². The van der Waals surface area contributed by atoms with Crippen LogP contribution < -0.4 is 4.90 Å². The van der Waals surface area contributed by atoms with Gasteiger partial charge in [-0.05, 0) is 54.8 Å². The summed E-state index contributed by atoms with van der Waals surface area (Å²) < 4.78 is 5.48. The van der Waals surface area contributed by atoms with Gasteiger partial charge in [-0.15, -0.1) is 0 Å². The van der Waals surface area contributed by atoms with Crippen LogP contribution in [-0.2, 0) is 4.74 Å². The molecule has 0 bridgehead atoms. The zero-order valence-corrected chi connectivity index (χ0v) is 18.2. The molecule has 5 heteroatoms. The predicted molar refractivity (Wildman–Crippen MR) is 124 cm³/mol. The van der Waals surface area contributed by atoms with E-state index in [4.69, 9.17) is 4.74 Å². The van der Waals surface area contributed by atoms with Crippen molar-refractivity contribution in [1.29, 1.82) is 0 Å². The Labute approximate surface area is 184 Å². The first kappa shape index (κ1) is 21.1. The van der Waals surface area contributed by atoms with Crippen LogP contribution in [0.1, 0.15) is 40.3 Å². The summed E-state index contributed by atoms with van der Waals surface area (Å²) in [5.41, 5.74) is 7.37. The Morgan fingerprint density at radius 3 is 2.48 bits per heavy atom. The van der Waals surface area contributed by atoms with E-state index in [0.29, 0.717) is 12.1 Å². The lowest BCUT2D eigenvalue weighted by Crippen LogP contribution is -2.36. The zero-order valence-electron chi connectivity index (χ0n) is 18.2. The van der Waals surface area contributed by atoms with E-state index in [-0.39, 0.29) is 5.92 Å². The summed E-state index contributed by atoms with van der Waals surface area (Å²) >= 11 is 0. The van der Waals surface area contributed by atoms with Gasteiger partial charge in [-0.2, -0.15) is 0 Å². The molecule has 1 N–H and O–H groups in total. The molecule has 1 fully saturated rings. The number of pyridine rings is 1. The van der Waals surface area contributed by atoms with Gasteiger partial charge in [0.2, 0.25) is 0 Å². The third kappa shape index (κ3) is 4.94. The normalized spacial score (nSPS) is 15.7. The van der Waals surface area contributed by atoms with Crippen LogP contribution in [0, 0.1) is 13.8 Å². The molecule has 1 aliphatic rings. The Hall–Kier alpha value is -3.18. The maximum atomic E-state index is 9.85. The minimum absolute atomic E-state index is 0.0827. The van der Waals surface area contributed by atoms with Crippen molar-refractivity contribution in [2.24, 2.45) is 5.16 Å². The lowest BCUT2D eigenvalue weighted by Gasteiger charge is -2.29. The van der Waals surface area contributed by atoms with Gasteiger partial charge in [-0.25, -0.2) is 0 Å². The molecule has 160 valence electrons. The number of oxime groups is 1. The fourth-order valence-electron chi connectivity index (χ4n) is 4.26. The molecule has 0 radical (unpaired) electrons. The van der Waals surface area contributed by atoms with Gasteiger partial charge in [-0.3, -0.25) is 4.98 Å². The molecule has 0 unspecified atom stereocenters. The quantitative estimate of drug-likeness (QED) is 0.352. The van der Waals surface area contributed by atoms with E-state index in [1.165, 1.54) is 22.4 Å². The average molecular weight is 416 g/mol. The summed E-state index contributed by atoms with van der Waals surface area (Å²) in [4.78, 5) is 6.63. The number of morpholine rings is 1. The summed E-state index contributed by atoms with van der Waals surface area (Å²) in [5.74, 6) is 0.0827. The van der Waals surface area contributed by atoms with E-state index < -0.39 is 0 Å². The van der Waals surface area contributed by atoms with Crippen molar-refractivity contribution in [3.63, 3.8) is 0 Å². The minimum atomic E-state index is 0.0827. The van der Waals surface area contributed by atoms with Crippen LogP contribution >= 0.6 is 0 Å². The van der Waals surface area contributed by atoms with Gasteiger partial charge < -0.3 is 14.8 Å². The highest BCUT2D eigenvalue weighted by Crippen LogP contribution is 2.33. The van der Waals surface area contributed by atoms with E-state index in [0.717, 1.165) is 37.6 Å². The standard InChI is InChI=1S/C26H29N3O2/c1-19-5-3-4-6-24(19)25(18-26(28-30)22-11-12-27-20(2)17-22)21-7-9-23(10-8-21)29-13-15-31-16-14-29/h3-12,17,25,30H,13-16,18H2,1-2H3/b28-26-/t25-/m1/s1. The first-order valence-corrected chi connectivity index (χ1v) is 10.8. The van der Waals surface area contributed by atoms with Crippen molar-refractivity contribution in [2.75, 3.05) is 31.2 Å². The number of aromatic nitrogens is 1. The second-order valence-electron chi connectivity index (χ2n) is 8.04. The molecule has 1 saturated heterocycles. The Morgan fingerprint density at radius 2 is 1.81 bits per heavy atom. The molecule has 0 amide bonds. The molecular formula is C26H29N3O2. The lowest BCUT2D eigenvalue weighted by atomic mass is 9.83. The maximum Gasteiger partial charge on any atom is 0.0878 e. The van der Waals surface area contributed by atoms with E-state index >= 15 is 0 Å². The van der Waals surface area contributed by atoms with Crippen LogP contribution in [0.3, 0.4) is 0 Å². The number of ether oxygens (including phenoxy) is 1. The van der Waals surface area contributed by atoms with Gasteiger partial charge in [0.25, 0.3) is 0 Å². The summed E-state index contributed by atoms with van der Waals surface area (Å²) in [6, 6.07) is 21.1. The van der Waals surface area contributed by atoms with Gasteiger partial charge in [-0.1, -0.05) is 41.6 Å². The highest BCUT2D eigenvalue weighted by atomic mass is 16.5. The van der Waals surface area contributed by atoms with Gasteiger partial charge in [0.05, 0.1) is 18.9 Å². The SMILES string of the molecule is Cc1cc(/C(C[C@H](c2ccc(N3CCOCC3)cc2)c2ccccc2C)=N\O)ccn1. The minimum Gasteiger partial charge on any atom is -0.411 e. The van der Waals surface area contributed by atoms with Gasteiger partial charge in [0.15, 0.2) is 0 Å². The molecule has 1 atom stereocenters. The van der Waals surface area contributed by atoms with Crippen LogP contribution in [-0.4, -0.2) is 42.2 Å². The fraction of sp³-hybridized carbons (Fsp3) is 0.308. The number of aryl methyl sites for hydroxylation is 2. The van der Waals surface area contributed by atoms with Crippen LogP contribution in [0.4, 0.5) is 5.69 Å². The van der Waals surface area contributed by atoms with Crippen molar-refractivity contribution in [3.05, 3.63) is 94.8 Å². The molecule has 2 aromatic carbocycles. The highest BCUT2D eigenvalue weighted by molar-refractivity contribution is 6.01. The summed E-state index contributed by atoms with van der Waals surface area (Å²) in [5, 5.41) is 13.5. The first-order valence-electron chi connectivity index (χ1n) is 10.8. The fourth-order valence-corrected chi connectivity index (χ4v) is 4.26. The summed E-state index contributed by atoms with van der Waals surface area (Å²) in [7, 11) is 0. The maximum absolute atomic E-state index is 9.85. The molecule has 0 spiro atoms. The second-order valence-corrected chi connectivity index (χ2v) is 8.04. The van der Waals surface area contributed by atoms with Gasteiger partial charge in [0.1, 0.15) is 0 Å². The number of rotatable bonds is 6. The lowest BCUT2D eigenvalue weighted by molar-refractivity contribution is 0.122. The van der Waals surface area contributed by atoms with Crippen LogP contribution in [0.5, 0.6) is 0 Å². The van der Waals surface area contributed by atoms with Gasteiger partial charge >= 0.3 is 0 Å². The summed E-state index contributed by atoms with van der Waals surface area (Å²) in [6.45, 7) is 7.47. The Kier molecular flexibility index (Phi) is 6.63. The molecule has 31 heavy (non-hydrogen) atoms. The number of hydrogen-bond acceptors (Lipinski definition) is 5. The molecular weight excluding hydrogens is 386 g/mol. The molecule has 3 aromatic rings. The Bertz CT molecular complexity index is 1040. The third-order valence-electron chi connectivity index (χ3n) is 5.98. The first-order chi connectivity index (χ1) is 15.2. The average Bonchev–Trinajstić information content (AvgIpc) is 2.81. The monoisotopic (exact) mass is 415 g/mol. The zero-order chi connectivity index (χ0) is 21.6. The molecule has 1 aromatic heterocycles. The predicted octanol–water partition coefficient (Wildman–Crippen LogP) is 4.94.